The van der Waals surface area contributed by atoms with Crippen LogP contribution in [0.15, 0.2) is 0 Å². The maximum Gasteiger partial charge on any atom is 0.307 e. The number of amides is 1. The average Bonchev–Trinajstić information content (AvgIpc) is 2.45. The third-order valence-electron chi connectivity index (χ3n) is 3.55. The highest BCUT2D eigenvalue weighted by Crippen LogP contribution is 2.21. The molecule has 130 valence electrons. The minimum Gasteiger partial charge on any atom is -0.481 e. The van der Waals surface area contributed by atoms with Crippen molar-refractivity contribution in [2.75, 3.05) is 34.5 Å². The predicted molar refractivity (Wildman–Crippen MR) is 81.2 cm³/mol. The number of carboxylic acids is 1. The SMILES string of the molecule is COCCOC(C)(OC)N(C)C(=O)CC(CC(C)C)C(=O)O. The van der Waals surface area contributed by atoms with Crippen LogP contribution in [0.1, 0.15) is 33.6 Å². The Hall–Kier alpha value is -1.18. The zero-order valence-electron chi connectivity index (χ0n) is 14.4. The fraction of sp³-hybridized carbons (Fsp3) is 0.867. The van der Waals surface area contributed by atoms with Crippen LogP contribution in [-0.4, -0.2) is 62.3 Å². The molecule has 1 N–H and O–H groups in total. The average molecular weight is 319 g/mol. The molecule has 0 aromatic rings. The van der Waals surface area contributed by atoms with Crippen molar-refractivity contribution in [1.82, 2.24) is 4.90 Å². The van der Waals surface area contributed by atoms with Gasteiger partial charge in [-0.1, -0.05) is 13.8 Å². The third kappa shape index (κ3) is 6.72. The van der Waals surface area contributed by atoms with Crippen LogP contribution in [0.2, 0.25) is 0 Å². The zero-order chi connectivity index (χ0) is 17.3. The maximum atomic E-state index is 12.3. The summed E-state index contributed by atoms with van der Waals surface area (Å²) in [7, 11) is 4.51. The Kier molecular flexibility index (Phi) is 9.24. The molecule has 1 amide bonds. The quantitative estimate of drug-likeness (QED) is 0.459. The van der Waals surface area contributed by atoms with E-state index in [9.17, 15) is 14.7 Å². The van der Waals surface area contributed by atoms with Gasteiger partial charge in [-0.05, 0) is 12.3 Å². The normalized spacial score (nSPS) is 15.4. The first-order chi connectivity index (χ1) is 10.2. The number of carbonyl (C=O) groups is 2. The summed E-state index contributed by atoms with van der Waals surface area (Å²) in [5, 5.41) is 9.24. The van der Waals surface area contributed by atoms with E-state index in [1.165, 1.54) is 19.1 Å². The number of rotatable bonds is 11. The summed E-state index contributed by atoms with van der Waals surface area (Å²) in [6.07, 6.45) is 0.361. The van der Waals surface area contributed by atoms with Crippen LogP contribution in [0.5, 0.6) is 0 Å². The number of nitrogens with zero attached hydrogens (tertiary/aromatic N) is 1. The zero-order valence-corrected chi connectivity index (χ0v) is 14.4. The lowest BCUT2D eigenvalue weighted by molar-refractivity contribution is -0.285. The first-order valence-corrected chi connectivity index (χ1v) is 7.35. The Morgan fingerprint density at radius 1 is 1.23 bits per heavy atom. The molecule has 0 rings (SSSR count). The lowest BCUT2D eigenvalue weighted by Gasteiger charge is -2.37. The van der Waals surface area contributed by atoms with Crippen molar-refractivity contribution >= 4 is 11.9 Å². The number of carbonyl (C=O) groups excluding carboxylic acids is 1. The number of hydrogen-bond acceptors (Lipinski definition) is 5. The number of methoxy groups -OCH3 is 2. The van der Waals surface area contributed by atoms with Crippen molar-refractivity contribution in [1.29, 1.82) is 0 Å². The standard InChI is InChI=1S/C15H29NO6/c1-11(2)9-12(14(18)19)10-13(17)16(4)15(3,21-6)22-8-7-20-5/h11-12H,7-10H2,1-6H3,(H,18,19). The van der Waals surface area contributed by atoms with Gasteiger partial charge in [0.2, 0.25) is 11.8 Å². The van der Waals surface area contributed by atoms with Crippen LogP contribution in [0.25, 0.3) is 0 Å². The summed E-state index contributed by atoms with van der Waals surface area (Å²) in [6.45, 7) is 6.09. The second-order valence-electron chi connectivity index (χ2n) is 5.76. The molecule has 0 saturated carbocycles. The molecule has 0 spiro atoms. The van der Waals surface area contributed by atoms with Gasteiger partial charge in [-0.3, -0.25) is 14.5 Å². The van der Waals surface area contributed by atoms with E-state index in [1.54, 1.807) is 14.0 Å². The van der Waals surface area contributed by atoms with Crippen molar-refractivity contribution in [2.24, 2.45) is 11.8 Å². The van der Waals surface area contributed by atoms with Gasteiger partial charge in [0.25, 0.3) is 0 Å². The molecule has 2 unspecified atom stereocenters. The molecule has 0 aliphatic carbocycles. The Balaban J connectivity index is 4.81. The Morgan fingerprint density at radius 2 is 1.82 bits per heavy atom. The smallest absolute Gasteiger partial charge is 0.307 e. The highest BCUT2D eigenvalue weighted by molar-refractivity contribution is 5.82. The highest BCUT2D eigenvalue weighted by atomic mass is 16.7. The van der Waals surface area contributed by atoms with Gasteiger partial charge in [-0.2, -0.15) is 0 Å². The minimum atomic E-state index is -1.25. The number of hydrogen-bond donors (Lipinski definition) is 1. The molecular formula is C15H29NO6. The lowest BCUT2D eigenvalue weighted by Crippen LogP contribution is -2.51. The van der Waals surface area contributed by atoms with E-state index in [0.717, 1.165) is 0 Å². The van der Waals surface area contributed by atoms with E-state index in [1.807, 2.05) is 13.8 Å². The second kappa shape index (κ2) is 9.76. The Bertz CT molecular complexity index is 360. The van der Waals surface area contributed by atoms with Crippen LogP contribution in [0.3, 0.4) is 0 Å². The Morgan fingerprint density at radius 3 is 2.23 bits per heavy atom. The molecule has 0 heterocycles. The van der Waals surface area contributed by atoms with E-state index in [4.69, 9.17) is 14.2 Å². The highest BCUT2D eigenvalue weighted by Gasteiger charge is 2.35. The van der Waals surface area contributed by atoms with Crippen molar-refractivity contribution in [2.45, 2.75) is 39.5 Å². The van der Waals surface area contributed by atoms with Crippen molar-refractivity contribution < 1.29 is 28.9 Å². The fourth-order valence-corrected chi connectivity index (χ4v) is 2.02. The van der Waals surface area contributed by atoms with Gasteiger partial charge in [0.05, 0.1) is 19.1 Å². The number of carboxylic acid groups (broad SMARTS) is 1. The van der Waals surface area contributed by atoms with Gasteiger partial charge in [-0.25, -0.2) is 0 Å². The second-order valence-corrected chi connectivity index (χ2v) is 5.76. The molecular weight excluding hydrogens is 290 g/mol. The van der Waals surface area contributed by atoms with Gasteiger partial charge in [-0.15, -0.1) is 0 Å². The van der Waals surface area contributed by atoms with E-state index in [2.05, 4.69) is 0 Å². The Labute approximate surface area is 132 Å². The molecule has 0 bridgehead atoms. The van der Waals surface area contributed by atoms with Gasteiger partial charge in [0.1, 0.15) is 0 Å². The molecule has 0 aliphatic rings. The van der Waals surface area contributed by atoms with Gasteiger partial charge >= 0.3 is 5.97 Å². The monoisotopic (exact) mass is 319 g/mol. The van der Waals surface area contributed by atoms with Gasteiger partial charge in [0, 0.05) is 34.6 Å². The van der Waals surface area contributed by atoms with Crippen LogP contribution >= 0.6 is 0 Å². The number of aliphatic carboxylic acids is 1. The van der Waals surface area contributed by atoms with E-state index < -0.39 is 17.8 Å². The molecule has 0 saturated heterocycles. The summed E-state index contributed by atoms with van der Waals surface area (Å²) in [4.78, 5) is 24.9. The molecule has 7 nitrogen and oxygen atoms in total. The first kappa shape index (κ1) is 20.8. The van der Waals surface area contributed by atoms with Gasteiger partial charge in [0.15, 0.2) is 0 Å². The summed E-state index contributed by atoms with van der Waals surface area (Å²) < 4.78 is 15.7. The largest absolute Gasteiger partial charge is 0.481 e. The van der Waals surface area contributed by atoms with Crippen LogP contribution < -0.4 is 0 Å². The molecule has 0 fully saturated rings. The van der Waals surface area contributed by atoms with Crippen molar-refractivity contribution in [3.63, 3.8) is 0 Å². The van der Waals surface area contributed by atoms with Gasteiger partial charge < -0.3 is 19.3 Å². The summed E-state index contributed by atoms with van der Waals surface area (Å²) in [5.74, 6) is -3.07. The summed E-state index contributed by atoms with van der Waals surface area (Å²) >= 11 is 0. The van der Waals surface area contributed by atoms with Crippen molar-refractivity contribution in [3.8, 4) is 0 Å². The molecule has 0 aromatic heterocycles. The minimum absolute atomic E-state index is 0.0867. The molecule has 0 aliphatic heterocycles. The predicted octanol–water partition coefficient (Wildman–Crippen LogP) is 1.56. The molecule has 0 radical (unpaired) electrons. The van der Waals surface area contributed by atoms with Crippen LogP contribution in [0.4, 0.5) is 0 Å². The molecule has 7 heteroatoms. The van der Waals surface area contributed by atoms with Crippen LogP contribution in [-0.2, 0) is 23.8 Å². The molecule has 0 aromatic carbocycles. The fourth-order valence-electron chi connectivity index (χ4n) is 2.02. The molecule has 2 atom stereocenters. The van der Waals surface area contributed by atoms with E-state index in [-0.39, 0.29) is 24.9 Å². The van der Waals surface area contributed by atoms with Crippen LogP contribution in [0, 0.1) is 11.8 Å². The first-order valence-electron chi connectivity index (χ1n) is 7.35. The maximum absolute atomic E-state index is 12.3. The molecule has 22 heavy (non-hydrogen) atoms. The topological polar surface area (TPSA) is 85.3 Å². The van der Waals surface area contributed by atoms with E-state index >= 15 is 0 Å². The number of ether oxygens (including phenoxy) is 3. The third-order valence-corrected chi connectivity index (χ3v) is 3.55. The van der Waals surface area contributed by atoms with E-state index in [0.29, 0.717) is 13.0 Å². The summed E-state index contributed by atoms with van der Waals surface area (Å²) in [5.41, 5.74) is 0. The lowest BCUT2D eigenvalue weighted by atomic mass is 9.94. The summed E-state index contributed by atoms with van der Waals surface area (Å²) in [6, 6.07) is 0. The van der Waals surface area contributed by atoms with Crippen molar-refractivity contribution in [3.05, 3.63) is 0 Å².